The SMILES string of the molecule is Clc1ccccc1C(OCCN1[C@@H]2CC[C@H]1CC(Cc1ccccc1)C2)c1ccccc1Cl. The van der Waals surface area contributed by atoms with E-state index in [-0.39, 0.29) is 6.10 Å². The summed E-state index contributed by atoms with van der Waals surface area (Å²) < 4.78 is 6.52. The summed E-state index contributed by atoms with van der Waals surface area (Å²) in [4.78, 5) is 2.71. The van der Waals surface area contributed by atoms with E-state index in [0.29, 0.717) is 28.7 Å². The third kappa shape index (κ3) is 5.30. The molecule has 4 heteroatoms. The van der Waals surface area contributed by atoms with E-state index >= 15 is 0 Å². The van der Waals surface area contributed by atoms with Crippen LogP contribution in [0.15, 0.2) is 78.9 Å². The fourth-order valence-corrected chi connectivity index (χ4v) is 6.33. The van der Waals surface area contributed by atoms with Gasteiger partial charge in [-0.3, -0.25) is 4.90 Å². The predicted octanol–water partition coefficient (Wildman–Crippen LogP) is 7.59. The van der Waals surface area contributed by atoms with E-state index in [9.17, 15) is 0 Å². The zero-order valence-corrected chi connectivity index (χ0v) is 20.4. The fourth-order valence-electron chi connectivity index (χ4n) is 5.86. The first-order chi connectivity index (χ1) is 16.2. The largest absolute Gasteiger partial charge is 0.367 e. The van der Waals surface area contributed by atoms with Gasteiger partial charge in [0.05, 0.1) is 6.61 Å². The van der Waals surface area contributed by atoms with Gasteiger partial charge in [-0.15, -0.1) is 0 Å². The zero-order valence-electron chi connectivity index (χ0n) is 18.9. The van der Waals surface area contributed by atoms with Crippen LogP contribution in [-0.2, 0) is 11.2 Å². The molecule has 2 saturated heterocycles. The molecule has 2 aliphatic rings. The minimum absolute atomic E-state index is 0.263. The monoisotopic (exact) mass is 479 g/mol. The number of hydrogen-bond acceptors (Lipinski definition) is 2. The van der Waals surface area contributed by atoms with E-state index in [1.165, 1.54) is 37.7 Å². The normalized spacial score (nSPS) is 22.7. The van der Waals surface area contributed by atoms with E-state index in [0.717, 1.165) is 23.6 Å². The lowest BCUT2D eigenvalue weighted by atomic mass is 9.86. The molecule has 3 aromatic rings. The summed E-state index contributed by atoms with van der Waals surface area (Å²) in [6.07, 6.45) is 6.16. The van der Waals surface area contributed by atoms with Crippen molar-refractivity contribution in [2.75, 3.05) is 13.2 Å². The molecule has 172 valence electrons. The second-order valence-electron chi connectivity index (χ2n) is 9.44. The molecule has 0 radical (unpaired) electrons. The molecule has 1 unspecified atom stereocenters. The Balaban J connectivity index is 1.23. The van der Waals surface area contributed by atoms with E-state index in [2.05, 4.69) is 35.2 Å². The van der Waals surface area contributed by atoms with Gasteiger partial charge in [0.2, 0.25) is 0 Å². The third-order valence-corrected chi connectivity index (χ3v) is 8.05. The molecular weight excluding hydrogens is 449 g/mol. The average molecular weight is 480 g/mol. The van der Waals surface area contributed by atoms with Gasteiger partial charge in [-0.1, -0.05) is 89.9 Å². The standard InChI is InChI=1S/C29H31Cl2NO/c30-27-12-6-4-10-25(27)29(26-11-5-7-13-28(26)31)33-17-16-32-23-14-15-24(32)20-22(19-23)18-21-8-2-1-3-9-21/h1-13,22-24,29H,14-20H2/t22?,23-,24+. The van der Waals surface area contributed by atoms with Crippen LogP contribution in [0.2, 0.25) is 10.0 Å². The van der Waals surface area contributed by atoms with Crippen LogP contribution in [0.3, 0.4) is 0 Å². The highest BCUT2D eigenvalue weighted by Gasteiger charge is 2.40. The number of benzene rings is 3. The van der Waals surface area contributed by atoms with Gasteiger partial charge < -0.3 is 4.74 Å². The highest BCUT2D eigenvalue weighted by Crippen LogP contribution is 2.40. The highest BCUT2D eigenvalue weighted by molar-refractivity contribution is 6.32. The number of fused-ring (bicyclic) bond motifs is 2. The van der Waals surface area contributed by atoms with Gasteiger partial charge in [0.25, 0.3) is 0 Å². The van der Waals surface area contributed by atoms with Crippen LogP contribution in [0.5, 0.6) is 0 Å². The molecule has 0 aromatic heterocycles. The van der Waals surface area contributed by atoms with Crippen LogP contribution in [0, 0.1) is 5.92 Å². The van der Waals surface area contributed by atoms with Crippen molar-refractivity contribution in [3.8, 4) is 0 Å². The van der Waals surface area contributed by atoms with Crippen molar-refractivity contribution in [1.82, 2.24) is 4.90 Å². The van der Waals surface area contributed by atoms with Crippen molar-refractivity contribution < 1.29 is 4.74 Å². The molecule has 2 bridgehead atoms. The number of halogens is 2. The Morgan fingerprint density at radius 3 is 1.88 bits per heavy atom. The van der Waals surface area contributed by atoms with Crippen molar-refractivity contribution >= 4 is 23.2 Å². The van der Waals surface area contributed by atoms with Crippen molar-refractivity contribution in [3.05, 3.63) is 106 Å². The van der Waals surface area contributed by atoms with Gasteiger partial charge in [0.1, 0.15) is 6.10 Å². The van der Waals surface area contributed by atoms with Crippen LogP contribution in [0.4, 0.5) is 0 Å². The second kappa shape index (κ2) is 10.6. The van der Waals surface area contributed by atoms with E-state index in [1.807, 2.05) is 48.5 Å². The van der Waals surface area contributed by atoms with Gasteiger partial charge in [-0.2, -0.15) is 0 Å². The van der Waals surface area contributed by atoms with Crippen LogP contribution in [0.1, 0.15) is 48.5 Å². The molecule has 33 heavy (non-hydrogen) atoms. The maximum atomic E-state index is 6.55. The van der Waals surface area contributed by atoms with Crippen LogP contribution < -0.4 is 0 Å². The Kier molecular flexibility index (Phi) is 7.37. The van der Waals surface area contributed by atoms with Crippen LogP contribution >= 0.6 is 23.2 Å². The molecule has 0 spiro atoms. The molecule has 2 nitrogen and oxygen atoms in total. The molecule has 3 aromatic carbocycles. The number of nitrogens with zero attached hydrogens (tertiary/aromatic N) is 1. The van der Waals surface area contributed by atoms with Gasteiger partial charge in [0, 0.05) is 39.8 Å². The molecule has 0 N–H and O–H groups in total. The smallest absolute Gasteiger partial charge is 0.110 e. The average Bonchev–Trinajstić information content (AvgIpc) is 3.06. The Morgan fingerprint density at radius 2 is 1.30 bits per heavy atom. The minimum atomic E-state index is -0.263. The molecule has 2 aliphatic heterocycles. The van der Waals surface area contributed by atoms with Crippen LogP contribution in [0.25, 0.3) is 0 Å². The second-order valence-corrected chi connectivity index (χ2v) is 10.3. The van der Waals surface area contributed by atoms with Gasteiger partial charge >= 0.3 is 0 Å². The van der Waals surface area contributed by atoms with E-state index in [4.69, 9.17) is 27.9 Å². The van der Waals surface area contributed by atoms with E-state index in [1.54, 1.807) is 0 Å². The Bertz CT molecular complexity index is 997. The first kappa shape index (κ1) is 22.9. The molecule has 0 amide bonds. The minimum Gasteiger partial charge on any atom is -0.367 e. The Labute approximate surface area is 207 Å². The number of rotatable bonds is 8. The molecule has 2 heterocycles. The quantitative estimate of drug-likeness (QED) is 0.329. The predicted molar refractivity (Wildman–Crippen MR) is 137 cm³/mol. The van der Waals surface area contributed by atoms with Crippen molar-refractivity contribution in [3.63, 3.8) is 0 Å². The van der Waals surface area contributed by atoms with Crippen molar-refractivity contribution in [2.24, 2.45) is 5.92 Å². The summed E-state index contributed by atoms with van der Waals surface area (Å²) in [5.74, 6) is 0.793. The van der Waals surface area contributed by atoms with Gasteiger partial charge in [0.15, 0.2) is 0 Å². The highest BCUT2D eigenvalue weighted by atomic mass is 35.5. The number of ether oxygens (including phenoxy) is 1. The summed E-state index contributed by atoms with van der Waals surface area (Å²) in [5.41, 5.74) is 3.41. The summed E-state index contributed by atoms with van der Waals surface area (Å²) in [6, 6.07) is 28.1. The number of hydrogen-bond donors (Lipinski definition) is 0. The molecule has 0 aliphatic carbocycles. The lowest BCUT2D eigenvalue weighted by Gasteiger charge is -2.39. The topological polar surface area (TPSA) is 12.5 Å². The molecule has 2 fully saturated rings. The summed E-state index contributed by atoms with van der Waals surface area (Å²) in [7, 11) is 0. The molecule has 3 atom stereocenters. The third-order valence-electron chi connectivity index (χ3n) is 7.36. The zero-order chi connectivity index (χ0) is 22.6. The van der Waals surface area contributed by atoms with Crippen molar-refractivity contribution in [2.45, 2.75) is 50.3 Å². The lowest BCUT2D eigenvalue weighted by Crippen LogP contribution is -2.45. The number of piperidine rings is 1. The van der Waals surface area contributed by atoms with Crippen molar-refractivity contribution in [1.29, 1.82) is 0 Å². The Morgan fingerprint density at radius 1 is 0.758 bits per heavy atom. The molecule has 5 rings (SSSR count). The molecular formula is C29H31Cl2NO. The van der Waals surface area contributed by atoms with Gasteiger partial charge in [-0.05, 0) is 55.7 Å². The molecule has 0 saturated carbocycles. The van der Waals surface area contributed by atoms with Crippen LogP contribution in [-0.4, -0.2) is 30.1 Å². The summed E-state index contributed by atoms with van der Waals surface area (Å²) >= 11 is 13.1. The lowest BCUT2D eigenvalue weighted by molar-refractivity contribution is 0.0286. The fraction of sp³-hybridized carbons (Fsp3) is 0.379. The van der Waals surface area contributed by atoms with E-state index < -0.39 is 0 Å². The first-order valence-electron chi connectivity index (χ1n) is 12.1. The maximum absolute atomic E-state index is 6.55. The first-order valence-corrected chi connectivity index (χ1v) is 12.8. The summed E-state index contributed by atoms with van der Waals surface area (Å²) in [6.45, 7) is 1.62. The maximum Gasteiger partial charge on any atom is 0.110 e. The summed E-state index contributed by atoms with van der Waals surface area (Å²) in [5, 5.41) is 1.42. The Hall–Kier alpha value is -1.84. The van der Waals surface area contributed by atoms with Gasteiger partial charge in [-0.25, -0.2) is 0 Å².